The smallest absolute Gasteiger partial charge is 0.331 e. The molecule has 0 amide bonds. The maximum atomic E-state index is 10.8. The minimum atomic E-state index is -0.952. The Bertz CT molecular complexity index is 480. The third-order valence-corrected chi connectivity index (χ3v) is 2.53. The molecular weight excluding hydrogens is 234 g/mol. The van der Waals surface area contributed by atoms with E-state index < -0.39 is 5.97 Å². The highest BCUT2D eigenvalue weighted by Gasteiger charge is 2.10. The minimum Gasteiger partial charge on any atom is -0.493 e. The van der Waals surface area contributed by atoms with Crippen LogP contribution < -0.4 is 14.8 Å². The van der Waals surface area contributed by atoms with Crippen molar-refractivity contribution in [2.45, 2.75) is 6.92 Å². The van der Waals surface area contributed by atoms with Crippen molar-refractivity contribution in [1.29, 1.82) is 0 Å². The van der Waals surface area contributed by atoms with Gasteiger partial charge in [0.25, 0.3) is 0 Å². The van der Waals surface area contributed by atoms with Crippen molar-refractivity contribution in [3.8, 4) is 11.5 Å². The van der Waals surface area contributed by atoms with E-state index in [4.69, 9.17) is 14.6 Å². The molecule has 0 heterocycles. The topological polar surface area (TPSA) is 67.8 Å². The van der Waals surface area contributed by atoms with Gasteiger partial charge in [0.05, 0.1) is 14.2 Å². The number of hydrogen-bond donors (Lipinski definition) is 2. The first-order valence-electron chi connectivity index (χ1n) is 5.38. The number of carbonyl (C=O) groups is 1. The van der Waals surface area contributed by atoms with Crippen molar-refractivity contribution in [3.63, 3.8) is 0 Å². The van der Waals surface area contributed by atoms with Crippen LogP contribution in [0.1, 0.15) is 12.5 Å². The maximum absolute atomic E-state index is 10.8. The number of carboxylic acids is 1. The Labute approximate surface area is 106 Å². The summed E-state index contributed by atoms with van der Waals surface area (Å²) in [6.07, 6.45) is 1.58. The van der Waals surface area contributed by atoms with Gasteiger partial charge in [0.1, 0.15) is 0 Å². The summed E-state index contributed by atoms with van der Waals surface area (Å²) < 4.78 is 10.4. The zero-order chi connectivity index (χ0) is 13.7. The van der Waals surface area contributed by atoms with Crippen LogP contribution in [0.2, 0.25) is 0 Å². The van der Waals surface area contributed by atoms with E-state index in [0.29, 0.717) is 11.5 Å². The highest BCUT2D eigenvalue weighted by atomic mass is 16.5. The average Bonchev–Trinajstić information content (AvgIpc) is 2.37. The number of nitrogens with one attached hydrogen (secondary N) is 1. The summed E-state index contributed by atoms with van der Waals surface area (Å²) in [4.78, 5) is 10.8. The van der Waals surface area contributed by atoms with E-state index in [-0.39, 0.29) is 5.57 Å². The van der Waals surface area contributed by atoms with Crippen LogP contribution in [0.3, 0.4) is 0 Å². The van der Waals surface area contributed by atoms with Gasteiger partial charge in [0, 0.05) is 29.9 Å². The van der Waals surface area contributed by atoms with E-state index in [1.165, 1.54) is 7.11 Å². The van der Waals surface area contributed by atoms with E-state index in [9.17, 15) is 4.79 Å². The largest absolute Gasteiger partial charge is 0.493 e. The fourth-order valence-corrected chi connectivity index (χ4v) is 1.53. The lowest BCUT2D eigenvalue weighted by molar-refractivity contribution is -0.132. The highest BCUT2D eigenvalue weighted by molar-refractivity contribution is 5.93. The summed E-state index contributed by atoms with van der Waals surface area (Å²) in [6.45, 7) is 1.54. The molecule has 0 radical (unpaired) electrons. The van der Waals surface area contributed by atoms with Gasteiger partial charge in [-0.15, -0.1) is 0 Å². The molecular formula is C13H17NO4. The molecule has 18 heavy (non-hydrogen) atoms. The number of carboxylic acid groups (broad SMARTS) is 1. The second-order valence-electron chi connectivity index (χ2n) is 3.68. The van der Waals surface area contributed by atoms with Crippen LogP contribution in [-0.2, 0) is 4.79 Å². The van der Waals surface area contributed by atoms with Crippen LogP contribution in [0.5, 0.6) is 11.5 Å². The third kappa shape index (κ3) is 2.94. The van der Waals surface area contributed by atoms with Crippen LogP contribution in [-0.4, -0.2) is 32.3 Å². The number of anilines is 1. The predicted octanol–water partition coefficient (Wildman–Crippen LogP) is 2.23. The number of methoxy groups -OCH3 is 2. The van der Waals surface area contributed by atoms with Gasteiger partial charge in [0.15, 0.2) is 11.5 Å². The molecule has 0 saturated carbocycles. The van der Waals surface area contributed by atoms with E-state index >= 15 is 0 Å². The molecule has 1 rings (SSSR count). The van der Waals surface area contributed by atoms with Gasteiger partial charge in [-0.3, -0.25) is 0 Å². The lowest BCUT2D eigenvalue weighted by Crippen LogP contribution is -1.99. The molecule has 0 aliphatic carbocycles. The van der Waals surface area contributed by atoms with Crippen molar-refractivity contribution in [3.05, 3.63) is 23.3 Å². The minimum absolute atomic E-state index is 0.249. The molecule has 98 valence electrons. The van der Waals surface area contributed by atoms with E-state index in [1.54, 1.807) is 39.3 Å². The summed E-state index contributed by atoms with van der Waals surface area (Å²) in [6, 6.07) is 3.50. The third-order valence-electron chi connectivity index (χ3n) is 2.53. The molecule has 1 aromatic carbocycles. The Morgan fingerprint density at radius 1 is 1.28 bits per heavy atom. The van der Waals surface area contributed by atoms with Crippen LogP contribution in [0.4, 0.5) is 5.69 Å². The van der Waals surface area contributed by atoms with Gasteiger partial charge < -0.3 is 19.9 Å². The van der Waals surface area contributed by atoms with Gasteiger partial charge in [-0.2, -0.15) is 0 Å². The second kappa shape index (κ2) is 5.95. The van der Waals surface area contributed by atoms with Crippen molar-refractivity contribution < 1.29 is 19.4 Å². The predicted molar refractivity (Wildman–Crippen MR) is 70.4 cm³/mol. The summed E-state index contributed by atoms with van der Waals surface area (Å²) in [7, 11) is 4.85. The average molecular weight is 251 g/mol. The number of rotatable bonds is 5. The summed E-state index contributed by atoms with van der Waals surface area (Å²) in [5.41, 5.74) is 1.75. The van der Waals surface area contributed by atoms with Crippen molar-refractivity contribution in [1.82, 2.24) is 0 Å². The molecule has 0 spiro atoms. The van der Waals surface area contributed by atoms with Crippen LogP contribution >= 0.6 is 0 Å². The second-order valence-corrected chi connectivity index (χ2v) is 3.68. The molecule has 5 heteroatoms. The Balaban J connectivity index is 3.34. The van der Waals surface area contributed by atoms with Crippen LogP contribution in [0, 0.1) is 0 Å². The molecule has 0 fully saturated rings. The van der Waals surface area contributed by atoms with E-state index in [1.807, 2.05) is 0 Å². The van der Waals surface area contributed by atoms with E-state index in [0.717, 1.165) is 11.3 Å². The normalized spacial score (nSPS) is 11.0. The number of aliphatic carboxylic acids is 1. The van der Waals surface area contributed by atoms with Gasteiger partial charge in [-0.05, 0) is 19.1 Å². The first kappa shape index (κ1) is 13.9. The first-order valence-corrected chi connectivity index (χ1v) is 5.38. The SMILES string of the molecule is CNc1cc(OC)c(OC)cc1C=C(C)C(=O)O. The maximum Gasteiger partial charge on any atom is 0.331 e. The van der Waals surface area contributed by atoms with Crippen molar-refractivity contribution in [2.75, 3.05) is 26.6 Å². The van der Waals surface area contributed by atoms with Gasteiger partial charge >= 0.3 is 5.97 Å². The molecule has 0 bridgehead atoms. The quantitative estimate of drug-likeness (QED) is 0.785. The molecule has 1 aromatic rings. The highest BCUT2D eigenvalue weighted by Crippen LogP contribution is 2.34. The van der Waals surface area contributed by atoms with Gasteiger partial charge in [-0.1, -0.05) is 0 Å². The zero-order valence-corrected chi connectivity index (χ0v) is 10.9. The number of ether oxygens (including phenoxy) is 2. The molecule has 0 unspecified atom stereocenters. The molecule has 0 atom stereocenters. The van der Waals surface area contributed by atoms with Crippen LogP contribution in [0.15, 0.2) is 17.7 Å². The van der Waals surface area contributed by atoms with E-state index in [2.05, 4.69) is 5.32 Å². The Morgan fingerprint density at radius 3 is 2.28 bits per heavy atom. The van der Waals surface area contributed by atoms with Crippen molar-refractivity contribution >= 4 is 17.7 Å². The van der Waals surface area contributed by atoms with Crippen LogP contribution in [0.25, 0.3) is 6.08 Å². The van der Waals surface area contributed by atoms with Gasteiger partial charge in [-0.25, -0.2) is 4.79 Å². The standard InChI is InChI=1S/C13H17NO4/c1-8(13(15)16)5-9-6-11(17-3)12(18-4)7-10(9)14-2/h5-7,14H,1-4H3,(H,15,16). The Kier molecular flexibility index (Phi) is 4.59. The molecule has 5 nitrogen and oxygen atoms in total. The Morgan fingerprint density at radius 2 is 1.83 bits per heavy atom. The fraction of sp³-hybridized carbons (Fsp3) is 0.308. The zero-order valence-electron chi connectivity index (χ0n) is 10.9. The Hall–Kier alpha value is -2.17. The lowest BCUT2D eigenvalue weighted by Gasteiger charge is -2.13. The van der Waals surface area contributed by atoms with Gasteiger partial charge in [0.2, 0.25) is 0 Å². The first-order chi connectivity index (χ1) is 8.53. The number of hydrogen-bond acceptors (Lipinski definition) is 4. The fourth-order valence-electron chi connectivity index (χ4n) is 1.53. The molecule has 0 saturated heterocycles. The molecule has 0 aromatic heterocycles. The lowest BCUT2D eigenvalue weighted by atomic mass is 10.1. The number of benzene rings is 1. The summed E-state index contributed by atoms with van der Waals surface area (Å²) in [5, 5.41) is 11.9. The van der Waals surface area contributed by atoms with Crippen molar-refractivity contribution in [2.24, 2.45) is 0 Å². The molecule has 2 N–H and O–H groups in total. The monoisotopic (exact) mass is 251 g/mol. The molecule has 0 aliphatic rings. The molecule has 0 aliphatic heterocycles. The summed E-state index contributed by atoms with van der Waals surface area (Å²) >= 11 is 0. The summed E-state index contributed by atoms with van der Waals surface area (Å²) in [5.74, 6) is 0.194.